The van der Waals surface area contributed by atoms with E-state index < -0.39 is 20.8 Å². The topological polar surface area (TPSA) is 89.6 Å². The van der Waals surface area contributed by atoms with Crippen LogP contribution in [0.4, 0.5) is 0 Å². The van der Waals surface area contributed by atoms with Gasteiger partial charge in [-0.25, -0.2) is 8.42 Å². The minimum Gasteiger partial charge on any atom is -0.393 e. The Morgan fingerprint density at radius 3 is 2.32 bits per heavy atom. The standard InChI is InChI=1S/C18H18INO4S/c1-24-16(13-21)11-12-18(20,14-5-3-2-4-6-14)25(22,23)17-9-7-15(19)8-10-17/h2-10,16,21H,13,20H2,1H3. The zero-order valence-electron chi connectivity index (χ0n) is 13.5. The fraction of sp³-hybridized carbons (Fsp3) is 0.222. The van der Waals surface area contributed by atoms with Crippen LogP contribution in [0.5, 0.6) is 0 Å². The summed E-state index contributed by atoms with van der Waals surface area (Å²) in [5, 5.41) is 9.23. The normalized spacial score (nSPS) is 14.9. The highest BCUT2D eigenvalue weighted by atomic mass is 127. The molecule has 7 heteroatoms. The van der Waals surface area contributed by atoms with E-state index in [0.29, 0.717) is 5.56 Å². The molecule has 25 heavy (non-hydrogen) atoms. The van der Waals surface area contributed by atoms with E-state index in [1.165, 1.54) is 19.2 Å². The van der Waals surface area contributed by atoms with Gasteiger partial charge in [-0.1, -0.05) is 42.2 Å². The smallest absolute Gasteiger partial charge is 0.212 e. The van der Waals surface area contributed by atoms with Crippen molar-refractivity contribution in [2.75, 3.05) is 13.7 Å². The van der Waals surface area contributed by atoms with Crippen LogP contribution in [-0.4, -0.2) is 33.3 Å². The largest absolute Gasteiger partial charge is 0.393 e. The molecule has 0 heterocycles. The highest BCUT2D eigenvalue weighted by Crippen LogP contribution is 2.31. The van der Waals surface area contributed by atoms with Crippen molar-refractivity contribution in [1.82, 2.24) is 0 Å². The van der Waals surface area contributed by atoms with Gasteiger partial charge in [0.05, 0.1) is 11.5 Å². The first-order chi connectivity index (χ1) is 11.8. The van der Waals surface area contributed by atoms with Gasteiger partial charge in [0.2, 0.25) is 14.7 Å². The van der Waals surface area contributed by atoms with Gasteiger partial charge in [-0.2, -0.15) is 0 Å². The summed E-state index contributed by atoms with van der Waals surface area (Å²) in [5.74, 6) is 5.24. The maximum Gasteiger partial charge on any atom is 0.212 e. The quantitative estimate of drug-likeness (QED) is 0.514. The summed E-state index contributed by atoms with van der Waals surface area (Å²) in [6, 6.07) is 14.8. The van der Waals surface area contributed by atoms with Gasteiger partial charge in [0.15, 0.2) is 0 Å². The SMILES string of the molecule is COC(C#CC(N)(c1ccccc1)S(=O)(=O)c1ccc(I)cc1)CO. The van der Waals surface area contributed by atoms with Crippen LogP contribution in [0.3, 0.4) is 0 Å². The third kappa shape index (κ3) is 4.22. The second-order valence-corrected chi connectivity index (χ2v) is 8.60. The lowest BCUT2D eigenvalue weighted by atomic mass is 10.1. The predicted molar refractivity (Wildman–Crippen MR) is 104 cm³/mol. The van der Waals surface area contributed by atoms with Crippen molar-refractivity contribution in [2.24, 2.45) is 5.73 Å². The molecule has 0 saturated heterocycles. The summed E-state index contributed by atoms with van der Waals surface area (Å²) in [6.07, 6.45) is -0.821. The summed E-state index contributed by atoms with van der Waals surface area (Å²) in [4.78, 5) is -1.89. The fourth-order valence-corrected chi connectivity index (χ4v) is 4.01. The lowest BCUT2D eigenvalue weighted by Crippen LogP contribution is -2.44. The molecule has 2 unspecified atom stereocenters. The van der Waals surface area contributed by atoms with E-state index in [0.717, 1.165) is 3.57 Å². The highest BCUT2D eigenvalue weighted by molar-refractivity contribution is 14.1. The lowest BCUT2D eigenvalue weighted by molar-refractivity contribution is 0.0882. The average molecular weight is 471 g/mol. The van der Waals surface area contributed by atoms with Crippen LogP contribution in [0.2, 0.25) is 0 Å². The lowest BCUT2D eigenvalue weighted by Gasteiger charge is -2.25. The van der Waals surface area contributed by atoms with Crippen molar-refractivity contribution < 1.29 is 18.3 Å². The third-order valence-electron chi connectivity index (χ3n) is 3.62. The number of aliphatic hydroxyl groups is 1. The van der Waals surface area contributed by atoms with Crippen molar-refractivity contribution in [3.63, 3.8) is 0 Å². The molecular formula is C18H18INO4S. The number of aliphatic hydroxyl groups excluding tert-OH is 1. The van der Waals surface area contributed by atoms with E-state index in [9.17, 15) is 13.5 Å². The van der Waals surface area contributed by atoms with Crippen molar-refractivity contribution in [3.8, 4) is 11.8 Å². The van der Waals surface area contributed by atoms with Gasteiger partial charge in [0.25, 0.3) is 0 Å². The summed E-state index contributed by atoms with van der Waals surface area (Å²) >= 11 is 2.09. The Labute approximate surface area is 161 Å². The molecule has 2 aromatic carbocycles. The van der Waals surface area contributed by atoms with Crippen LogP contribution in [0.1, 0.15) is 5.56 Å². The molecule has 2 rings (SSSR count). The monoisotopic (exact) mass is 471 g/mol. The van der Waals surface area contributed by atoms with Crippen LogP contribution in [0, 0.1) is 15.4 Å². The Morgan fingerprint density at radius 2 is 1.80 bits per heavy atom. The maximum absolute atomic E-state index is 13.2. The molecule has 0 aliphatic carbocycles. The van der Waals surface area contributed by atoms with Crippen molar-refractivity contribution in [2.45, 2.75) is 15.9 Å². The number of rotatable bonds is 5. The Bertz CT molecular complexity index is 869. The molecule has 0 aliphatic heterocycles. The molecule has 5 nitrogen and oxygen atoms in total. The van der Waals surface area contributed by atoms with Crippen molar-refractivity contribution >= 4 is 32.4 Å². The summed E-state index contributed by atoms with van der Waals surface area (Å²) < 4.78 is 32.3. The molecular weight excluding hydrogens is 453 g/mol. The van der Waals surface area contributed by atoms with Crippen LogP contribution in [0.15, 0.2) is 59.5 Å². The van der Waals surface area contributed by atoms with Gasteiger partial charge in [0, 0.05) is 10.7 Å². The van der Waals surface area contributed by atoms with Crippen LogP contribution in [-0.2, 0) is 19.4 Å². The molecule has 0 bridgehead atoms. The minimum absolute atomic E-state index is 0.0755. The van der Waals surface area contributed by atoms with E-state index in [4.69, 9.17) is 10.5 Å². The van der Waals surface area contributed by atoms with Crippen LogP contribution >= 0.6 is 22.6 Å². The number of hydrogen-bond donors (Lipinski definition) is 2. The highest BCUT2D eigenvalue weighted by Gasteiger charge is 2.41. The van der Waals surface area contributed by atoms with Gasteiger partial charge in [-0.15, -0.1) is 0 Å². The number of hydrogen-bond acceptors (Lipinski definition) is 5. The molecule has 0 amide bonds. The molecule has 0 fully saturated rings. The van der Waals surface area contributed by atoms with E-state index in [1.807, 2.05) is 0 Å². The van der Waals surface area contributed by atoms with Crippen molar-refractivity contribution in [3.05, 3.63) is 63.7 Å². The van der Waals surface area contributed by atoms with Crippen molar-refractivity contribution in [1.29, 1.82) is 0 Å². The van der Waals surface area contributed by atoms with E-state index >= 15 is 0 Å². The summed E-state index contributed by atoms with van der Waals surface area (Å²) in [7, 11) is -2.64. The number of halogens is 1. The maximum atomic E-state index is 13.2. The summed E-state index contributed by atoms with van der Waals surface area (Å²) in [6.45, 7) is -0.363. The molecule has 0 aromatic heterocycles. The van der Waals surface area contributed by atoms with Gasteiger partial charge in [-0.3, -0.25) is 5.73 Å². The number of methoxy groups -OCH3 is 1. The second-order valence-electron chi connectivity index (χ2n) is 5.24. The van der Waals surface area contributed by atoms with E-state index in [1.54, 1.807) is 42.5 Å². The first-order valence-electron chi connectivity index (χ1n) is 7.36. The first kappa shape index (κ1) is 19.9. The number of sulfone groups is 1. The Kier molecular flexibility index (Phi) is 6.59. The van der Waals surface area contributed by atoms with E-state index in [2.05, 4.69) is 34.4 Å². The second kappa shape index (κ2) is 8.29. The number of ether oxygens (including phenoxy) is 1. The molecule has 0 spiro atoms. The number of benzene rings is 2. The first-order valence-corrected chi connectivity index (χ1v) is 9.92. The summed E-state index contributed by atoms with van der Waals surface area (Å²) in [5.41, 5.74) is 6.67. The van der Waals surface area contributed by atoms with Gasteiger partial charge in [0.1, 0.15) is 6.10 Å². The number of nitrogens with two attached hydrogens (primary N) is 1. The predicted octanol–water partition coefficient (Wildman–Crippen LogP) is 1.89. The molecule has 0 radical (unpaired) electrons. The molecule has 0 aliphatic rings. The minimum atomic E-state index is -4.02. The van der Waals surface area contributed by atoms with Gasteiger partial charge >= 0.3 is 0 Å². The zero-order valence-corrected chi connectivity index (χ0v) is 16.5. The van der Waals surface area contributed by atoms with Crippen LogP contribution in [0.25, 0.3) is 0 Å². The molecule has 132 valence electrons. The Hall–Kier alpha value is -1.44. The molecule has 3 N–H and O–H groups in total. The third-order valence-corrected chi connectivity index (χ3v) is 6.42. The van der Waals surface area contributed by atoms with Gasteiger partial charge in [-0.05, 0) is 52.4 Å². The molecule has 0 saturated carbocycles. The fourth-order valence-electron chi connectivity index (χ4n) is 2.15. The van der Waals surface area contributed by atoms with Gasteiger partial charge < -0.3 is 9.84 Å². The Balaban J connectivity index is 2.64. The Morgan fingerprint density at radius 1 is 1.20 bits per heavy atom. The molecule has 2 atom stereocenters. The zero-order chi connectivity index (χ0) is 18.5. The average Bonchev–Trinajstić information content (AvgIpc) is 2.63. The molecule has 2 aromatic rings. The van der Waals surface area contributed by atoms with E-state index in [-0.39, 0.29) is 11.5 Å². The van der Waals surface area contributed by atoms with Crippen LogP contribution < -0.4 is 5.73 Å².